The molecular weight excluding hydrogens is 192 g/mol. The quantitative estimate of drug-likeness (QED) is 0.607. The molecule has 1 saturated carbocycles. The fourth-order valence-corrected chi connectivity index (χ4v) is 1.97. The summed E-state index contributed by atoms with van der Waals surface area (Å²) >= 11 is 0. The Labute approximate surface area is 88.2 Å². The molecule has 2 N–H and O–H groups in total. The molecule has 1 fully saturated rings. The maximum atomic E-state index is 10.7. The van der Waals surface area contributed by atoms with E-state index in [1.165, 1.54) is 0 Å². The third-order valence-electron chi connectivity index (χ3n) is 3.08. The predicted molar refractivity (Wildman–Crippen MR) is 57.7 cm³/mol. The summed E-state index contributed by atoms with van der Waals surface area (Å²) in [6.45, 7) is 2.43. The summed E-state index contributed by atoms with van der Waals surface area (Å²) in [5, 5.41) is 10.7. The Balaban J connectivity index is 2.28. The van der Waals surface area contributed by atoms with Crippen molar-refractivity contribution in [1.82, 2.24) is 0 Å². The van der Waals surface area contributed by atoms with Crippen LogP contribution in [-0.2, 0) is 0 Å². The summed E-state index contributed by atoms with van der Waals surface area (Å²) in [5.74, 6) is 0.960. The van der Waals surface area contributed by atoms with Gasteiger partial charge in [-0.2, -0.15) is 0 Å². The van der Waals surface area contributed by atoms with Crippen molar-refractivity contribution in [3.8, 4) is 0 Å². The molecule has 15 heavy (non-hydrogen) atoms. The number of aryl methyl sites for hydroxylation is 1. The summed E-state index contributed by atoms with van der Waals surface area (Å²) < 4.78 is 0. The number of benzene rings is 1. The fraction of sp³-hybridized carbons (Fsp3) is 0.455. The molecule has 0 aromatic heterocycles. The highest BCUT2D eigenvalue weighted by molar-refractivity contribution is 5.44. The first kappa shape index (κ1) is 10.1. The minimum Gasteiger partial charge on any atom is -0.330 e. The molecule has 0 radical (unpaired) electrons. The van der Waals surface area contributed by atoms with Crippen molar-refractivity contribution in [3.05, 3.63) is 39.4 Å². The molecule has 2 atom stereocenters. The van der Waals surface area contributed by atoms with Gasteiger partial charge < -0.3 is 5.73 Å². The maximum Gasteiger partial charge on any atom is 0.272 e. The average molecular weight is 206 g/mol. The average Bonchev–Trinajstić information content (AvgIpc) is 2.97. The molecule has 4 heteroatoms. The van der Waals surface area contributed by atoms with E-state index in [4.69, 9.17) is 5.73 Å². The molecule has 2 rings (SSSR count). The van der Waals surface area contributed by atoms with Crippen LogP contribution in [0.2, 0.25) is 0 Å². The summed E-state index contributed by atoms with van der Waals surface area (Å²) in [6.07, 6.45) is 1.07. The van der Waals surface area contributed by atoms with Crippen LogP contribution in [0.3, 0.4) is 0 Å². The van der Waals surface area contributed by atoms with Gasteiger partial charge in [0, 0.05) is 11.6 Å². The van der Waals surface area contributed by atoms with Gasteiger partial charge in [-0.25, -0.2) is 0 Å². The molecular formula is C11H14N2O2. The van der Waals surface area contributed by atoms with Crippen molar-refractivity contribution < 1.29 is 4.92 Å². The Kier molecular flexibility index (Phi) is 2.44. The Morgan fingerprint density at radius 1 is 1.60 bits per heavy atom. The van der Waals surface area contributed by atoms with Crippen LogP contribution in [-0.4, -0.2) is 11.5 Å². The van der Waals surface area contributed by atoms with E-state index < -0.39 is 0 Å². The van der Waals surface area contributed by atoms with Gasteiger partial charge in [-0.15, -0.1) is 0 Å². The molecule has 0 heterocycles. The minimum atomic E-state index is -0.321. The Morgan fingerprint density at radius 3 is 2.87 bits per heavy atom. The van der Waals surface area contributed by atoms with E-state index in [-0.39, 0.29) is 10.6 Å². The Morgan fingerprint density at radius 2 is 2.33 bits per heavy atom. The van der Waals surface area contributed by atoms with E-state index in [0.29, 0.717) is 23.9 Å². The molecule has 0 bridgehead atoms. The van der Waals surface area contributed by atoms with Crippen molar-refractivity contribution in [3.63, 3.8) is 0 Å². The van der Waals surface area contributed by atoms with Gasteiger partial charge in [-0.1, -0.05) is 12.1 Å². The van der Waals surface area contributed by atoms with Gasteiger partial charge in [-0.3, -0.25) is 10.1 Å². The highest BCUT2D eigenvalue weighted by Gasteiger charge is 2.37. The van der Waals surface area contributed by atoms with E-state index in [2.05, 4.69) is 0 Å². The van der Waals surface area contributed by atoms with E-state index in [1.54, 1.807) is 13.0 Å². The van der Waals surface area contributed by atoms with Crippen LogP contribution in [0, 0.1) is 23.0 Å². The van der Waals surface area contributed by atoms with E-state index in [0.717, 1.165) is 12.0 Å². The normalized spacial score (nSPS) is 23.9. The lowest BCUT2D eigenvalue weighted by molar-refractivity contribution is -0.385. The Bertz CT molecular complexity index is 404. The highest BCUT2D eigenvalue weighted by atomic mass is 16.6. The van der Waals surface area contributed by atoms with Crippen LogP contribution in [0.1, 0.15) is 23.5 Å². The van der Waals surface area contributed by atoms with Gasteiger partial charge >= 0.3 is 0 Å². The number of hydrogen-bond donors (Lipinski definition) is 1. The summed E-state index contributed by atoms with van der Waals surface area (Å²) in [4.78, 5) is 10.4. The third kappa shape index (κ3) is 1.85. The smallest absolute Gasteiger partial charge is 0.272 e. The number of rotatable bonds is 3. The first-order valence-electron chi connectivity index (χ1n) is 5.08. The molecule has 1 aliphatic carbocycles. The highest BCUT2D eigenvalue weighted by Crippen LogP contribution is 2.47. The molecule has 2 unspecified atom stereocenters. The predicted octanol–water partition coefficient (Wildman–Crippen LogP) is 1.97. The molecule has 0 saturated heterocycles. The summed E-state index contributed by atoms with van der Waals surface area (Å²) in [5.41, 5.74) is 7.55. The van der Waals surface area contributed by atoms with E-state index in [9.17, 15) is 10.1 Å². The molecule has 1 aromatic rings. The number of nitrogens with two attached hydrogens (primary N) is 1. The van der Waals surface area contributed by atoms with Crippen molar-refractivity contribution in [2.45, 2.75) is 19.3 Å². The van der Waals surface area contributed by atoms with Gasteiger partial charge in [0.2, 0.25) is 0 Å². The minimum absolute atomic E-state index is 0.218. The molecule has 1 aromatic carbocycles. The first-order valence-corrected chi connectivity index (χ1v) is 5.08. The third-order valence-corrected chi connectivity index (χ3v) is 3.08. The van der Waals surface area contributed by atoms with Crippen LogP contribution >= 0.6 is 0 Å². The van der Waals surface area contributed by atoms with Gasteiger partial charge in [0.15, 0.2) is 0 Å². The molecule has 0 amide bonds. The van der Waals surface area contributed by atoms with Crippen LogP contribution in [0.25, 0.3) is 0 Å². The van der Waals surface area contributed by atoms with Gasteiger partial charge in [0.25, 0.3) is 5.69 Å². The van der Waals surface area contributed by atoms with Gasteiger partial charge in [0.1, 0.15) is 0 Å². The molecule has 0 aliphatic heterocycles. The number of hydrogen-bond acceptors (Lipinski definition) is 3. The lowest BCUT2D eigenvalue weighted by atomic mass is 10.1. The van der Waals surface area contributed by atoms with E-state index >= 15 is 0 Å². The monoisotopic (exact) mass is 206 g/mol. The van der Waals surface area contributed by atoms with Crippen molar-refractivity contribution >= 4 is 5.69 Å². The van der Waals surface area contributed by atoms with Crippen LogP contribution in [0.5, 0.6) is 0 Å². The zero-order valence-corrected chi connectivity index (χ0v) is 8.64. The second-order valence-electron chi connectivity index (χ2n) is 4.14. The summed E-state index contributed by atoms with van der Waals surface area (Å²) in [6, 6.07) is 5.48. The maximum absolute atomic E-state index is 10.7. The number of nitro benzene ring substituents is 1. The lowest BCUT2D eigenvalue weighted by Gasteiger charge is -2.01. The second kappa shape index (κ2) is 3.62. The molecule has 1 aliphatic rings. The Hall–Kier alpha value is -1.42. The van der Waals surface area contributed by atoms with E-state index in [1.807, 2.05) is 12.1 Å². The largest absolute Gasteiger partial charge is 0.330 e. The van der Waals surface area contributed by atoms with Crippen molar-refractivity contribution in [1.29, 1.82) is 0 Å². The topological polar surface area (TPSA) is 69.2 Å². The van der Waals surface area contributed by atoms with Crippen LogP contribution in [0.15, 0.2) is 18.2 Å². The first-order chi connectivity index (χ1) is 7.13. The van der Waals surface area contributed by atoms with Gasteiger partial charge in [-0.05, 0) is 37.3 Å². The zero-order chi connectivity index (χ0) is 11.0. The SMILES string of the molecule is Cc1ccc(C2CC2CN)cc1[N+](=O)[O-]. The number of nitro groups is 1. The molecule has 4 nitrogen and oxygen atoms in total. The second-order valence-corrected chi connectivity index (χ2v) is 4.14. The molecule has 80 valence electrons. The van der Waals surface area contributed by atoms with Crippen molar-refractivity contribution in [2.24, 2.45) is 11.7 Å². The number of nitrogens with zero attached hydrogens (tertiary/aromatic N) is 1. The zero-order valence-electron chi connectivity index (χ0n) is 8.64. The fourth-order valence-electron chi connectivity index (χ4n) is 1.97. The lowest BCUT2D eigenvalue weighted by Crippen LogP contribution is -2.02. The van der Waals surface area contributed by atoms with Crippen molar-refractivity contribution in [2.75, 3.05) is 6.54 Å². The van der Waals surface area contributed by atoms with Crippen LogP contribution < -0.4 is 5.73 Å². The standard InChI is InChI=1S/C11H14N2O2/c1-7-2-3-8(5-11(7)13(14)15)10-4-9(10)6-12/h2-3,5,9-10H,4,6,12H2,1H3. The van der Waals surface area contributed by atoms with Crippen LogP contribution in [0.4, 0.5) is 5.69 Å². The molecule has 0 spiro atoms. The summed E-state index contributed by atoms with van der Waals surface area (Å²) in [7, 11) is 0. The van der Waals surface area contributed by atoms with Gasteiger partial charge in [0.05, 0.1) is 4.92 Å².